The molecule has 114 valence electrons. The molecule has 3 atom stereocenters. The van der Waals surface area contributed by atoms with E-state index in [0.29, 0.717) is 0 Å². The van der Waals surface area contributed by atoms with Crippen LogP contribution in [0.2, 0.25) is 0 Å². The molecule has 1 nitrogen and oxygen atoms in total. The van der Waals surface area contributed by atoms with Gasteiger partial charge in [-0.2, -0.15) is 0 Å². The lowest BCUT2D eigenvalue weighted by molar-refractivity contribution is 0.343. The Balaban J connectivity index is 1.88. The number of unbranched alkanes of at least 4 members (excludes halogenated alkanes) is 7. The molecule has 0 spiro atoms. The third kappa shape index (κ3) is 6.79. The minimum Gasteiger partial charge on any atom is -0.314 e. The largest absolute Gasteiger partial charge is 0.314 e. The van der Waals surface area contributed by atoms with Crippen LogP contribution in [0.25, 0.3) is 0 Å². The monoisotopic (exact) mass is 267 g/mol. The van der Waals surface area contributed by atoms with E-state index in [1.54, 1.807) is 0 Å². The molecule has 1 aliphatic rings. The molecule has 0 aromatic carbocycles. The van der Waals surface area contributed by atoms with Crippen LogP contribution in [0, 0.1) is 11.8 Å². The fourth-order valence-electron chi connectivity index (χ4n) is 3.66. The van der Waals surface area contributed by atoms with Gasteiger partial charge in [-0.1, -0.05) is 72.1 Å². The van der Waals surface area contributed by atoms with Crippen LogP contribution >= 0.6 is 0 Å². The van der Waals surface area contributed by atoms with Crippen molar-refractivity contribution in [3.63, 3.8) is 0 Å². The third-order valence-corrected chi connectivity index (χ3v) is 5.19. The molecule has 0 radical (unpaired) electrons. The van der Waals surface area contributed by atoms with Crippen LogP contribution in [0.15, 0.2) is 0 Å². The van der Waals surface area contributed by atoms with E-state index < -0.39 is 0 Å². The molecular formula is C18H37N. The zero-order valence-electron chi connectivity index (χ0n) is 13.7. The summed E-state index contributed by atoms with van der Waals surface area (Å²) in [7, 11) is 0. The topological polar surface area (TPSA) is 12.0 Å². The lowest BCUT2D eigenvalue weighted by Gasteiger charge is -2.21. The van der Waals surface area contributed by atoms with Crippen molar-refractivity contribution in [1.29, 1.82) is 0 Å². The summed E-state index contributed by atoms with van der Waals surface area (Å²) in [5.41, 5.74) is 0. The number of hydrogen-bond donors (Lipinski definition) is 1. The van der Waals surface area contributed by atoms with E-state index in [1.807, 2.05) is 0 Å². The van der Waals surface area contributed by atoms with E-state index in [2.05, 4.69) is 26.1 Å². The van der Waals surface area contributed by atoms with Gasteiger partial charge in [0.25, 0.3) is 0 Å². The smallest absolute Gasteiger partial charge is 0.00954 e. The van der Waals surface area contributed by atoms with Crippen LogP contribution in [-0.4, -0.2) is 12.6 Å². The maximum Gasteiger partial charge on any atom is 0.00954 e. The lowest BCUT2D eigenvalue weighted by atomic mass is 9.93. The van der Waals surface area contributed by atoms with Gasteiger partial charge in [0, 0.05) is 6.04 Å². The average Bonchev–Trinajstić information content (AvgIpc) is 2.78. The standard InChI is InChI=1S/C18H37N/c1-4-6-7-8-9-10-11-12-15-19-18-14-13-17(5-2)16(18)3/h16-19H,4-15H2,1-3H3. The minimum absolute atomic E-state index is 0.814. The Hall–Kier alpha value is -0.0400. The predicted octanol–water partition coefficient (Wildman–Crippen LogP) is 5.54. The highest BCUT2D eigenvalue weighted by molar-refractivity contribution is 4.86. The van der Waals surface area contributed by atoms with Gasteiger partial charge >= 0.3 is 0 Å². The Kier molecular flexibility index (Phi) is 9.59. The summed E-state index contributed by atoms with van der Waals surface area (Å²) in [6.45, 7) is 8.34. The fourth-order valence-corrected chi connectivity index (χ4v) is 3.66. The molecule has 0 amide bonds. The van der Waals surface area contributed by atoms with Gasteiger partial charge in [0.2, 0.25) is 0 Å². The zero-order valence-corrected chi connectivity index (χ0v) is 13.7. The fraction of sp³-hybridized carbons (Fsp3) is 1.00. The number of nitrogens with one attached hydrogen (secondary N) is 1. The summed E-state index contributed by atoms with van der Waals surface area (Å²) < 4.78 is 0. The normalized spacial score (nSPS) is 27.0. The van der Waals surface area contributed by atoms with E-state index in [0.717, 1.165) is 17.9 Å². The van der Waals surface area contributed by atoms with Gasteiger partial charge in [0.1, 0.15) is 0 Å². The van der Waals surface area contributed by atoms with Crippen molar-refractivity contribution in [2.24, 2.45) is 11.8 Å². The van der Waals surface area contributed by atoms with E-state index >= 15 is 0 Å². The van der Waals surface area contributed by atoms with Gasteiger partial charge in [0.05, 0.1) is 0 Å². The molecule has 0 heterocycles. The first-order valence-electron chi connectivity index (χ1n) is 9.03. The second-order valence-corrected chi connectivity index (χ2v) is 6.64. The Morgan fingerprint density at radius 3 is 2.05 bits per heavy atom. The van der Waals surface area contributed by atoms with Crippen molar-refractivity contribution >= 4 is 0 Å². The molecule has 1 fully saturated rings. The number of rotatable bonds is 11. The maximum absolute atomic E-state index is 3.81. The lowest BCUT2D eigenvalue weighted by Crippen LogP contribution is -2.33. The Morgan fingerprint density at radius 1 is 0.842 bits per heavy atom. The Bertz CT molecular complexity index is 202. The quantitative estimate of drug-likeness (QED) is 0.485. The Morgan fingerprint density at radius 2 is 1.47 bits per heavy atom. The van der Waals surface area contributed by atoms with Gasteiger partial charge in [-0.25, -0.2) is 0 Å². The van der Waals surface area contributed by atoms with Crippen molar-refractivity contribution < 1.29 is 0 Å². The van der Waals surface area contributed by atoms with Crippen molar-refractivity contribution in [2.75, 3.05) is 6.54 Å². The Labute approximate surface area is 121 Å². The molecule has 0 aromatic heterocycles. The number of hydrogen-bond acceptors (Lipinski definition) is 1. The van der Waals surface area contributed by atoms with E-state index in [9.17, 15) is 0 Å². The van der Waals surface area contributed by atoms with Gasteiger partial charge < -0.3 is 5.32 Å². The van der Waals surface area contributed by atoms with Gasteiger partial charge in [0.15, 0.2) is 0 Å². The molecule has 1 N–H and O–H groups in total. The van der Waals surface area contributed by atoms with Gasteiger partial charge in [-0.3, -0.25) is 0 Å². The van der Waals surface area contributed by atoms with Crippen LogP contribution in [0.4, 0.5) is 0 Å². The first kappa shape index (κ1) is 17.0. The first-order chi connectivity index (χ1) is 9.29. The molecule has 0 saturated heterocycles. The molecule has 1 saturated carbocycles. The minimum atomic E-state index is 0.814. The summed E-state index contributed by atoms with van der Waals surface area (Å²) >= 11 is 0. The molecule has 0 bridgehead atoms. The summed E-state index contributed by atoms with van der Waals surface area (Å²) in [5, 5.41) is 3.81. The van der Waals surface area contributed by atoms with Crippen LogP contribution < -0.4 is 5.32 Å². The molecule has 1 heteroatoms. The van der Waals surface area contributed by atoms with Gasteiger partial charge in [-0.15, -0.1) is 0 Å². The van der Waals surface area contributed by atoms with Crippen LogP contribution in [0.1, 0.15) is 91.4 Å². The molecule has 3 unspecified atom stereocenters. The average molecular weight is 268 g/mol. The SMILES string of the molecule is CCCCCCCCCCNC1CCC(CC)C1C. The van der Waals surface area contributed by atoms with E-state index in [1.165, 1.54) is 77.2 Å². The molecule has 19 heavy (non-hydrogen) atoms. The molecule has 1 aliphatic carbocycles. The van der Waals surface area contributed by atoms with Crippen LogP contribution in [0.5, 0.6) is 0 Å². The van der Waals surface area contributed by atoms with Gasteiger partial charge in [-0.05, 0) is 37.6 Å². The molecule has 1 rings (SSSR count). The summed E-state index contributed by atoms with van der Waals surface area (Å²) in [6, 6.07) is 0.814. The second-order valence-electron chi connectivity index (χ2n) is 6.64. The molecule has 0 aliphatic heterocycles. The first-order valence-corrected chi connectivity index (χ1v) is 9.03. The molecule has 0 aromatic rings. The maximum atomic E-state index is 3.81. The third-order valence-electron chi connectivity index (χ3n) is 5.19. The van der Waals surface area contributed by atoms with Crippen molar-refractivity contribution in [3.8, 4) is 0 Å². The summed E-state index contributed by atoms with van der Waals surface area (Å²) in [4.78, 5) is 0. The van der Waals surface area contributed by atoms with Crippen molar-refractivity contribution in [1.82, 2.24) is 5.32 Å². The van der Waals surface area contributed by atoms with E-state index in [4.69, 9.17) is 0 Å². The van der Waals surface area contributed by atoms with Crippen LogP contribution in [-0.2, 0) is 0 Å². The van der Waals surface area contributed by atoms with E-state index in [-0.39, 0.29) is 0 Å². The zero-order chi connectivity index (χ0) is 13.9. The highest BCUT2D eigenvalue weighted by atomic mass is 14.9. The van der Waals surface area contributed by atoms with Crippen molar-refractivity contribution in [3.05, 3.63) is 0 Å². The second kappa shape index (κ2) is 10.7. The predicted molar refractivity (Wildman–Crippen MR) is 86.6 cm³/mol. The summed E-state index contributed by atoms with van der Waals surface area (Å²) in [6.07, 6.45) is 15.7. The highest BCUT2D eigenvalue weighted by Crippen LogP contribution is 2.33. The molecular weight excluding hydrogens is 230 g/mol. The highest BCUT2D eigenvalue weighted by Gasteiger charge is 2.30. The van der Waals surface area contributed by atoms with Crippen LogP contribution in [0.3, 0.4) is 0 Å². The summed E-state index contributed by atoms with van der Waals surface area (Å²) in [5.74, 6) is 1.88. The van der Waals surface area contributed by atoms with Crippen molar-refractivity contribution in [2.45, 2.75) is 97.4 Å².